The van der Waals surface area contributed by atoms with Crippen molar-refractivity contribution >= 4 is 49.5 Å². The fourth-order valence-electron chi connectivity index (χ4n) is 2.20. The molecule has 0 radical (unpaired) electrons. The van der Waals surface area contributed by atoms with Gasteiger partial charge in [-0.05, 0) is 73.7 Å². The third-order valence-corrected chi connectivity index (χ3v) is 5.84. The maximum absolute atomic E-state index is 12.4. The van der Waals surface area contributed by atoms with Gasteiger partial charge in [-0.1, -0.05) is 19.1 Å². The Morgan fingerprint density at radius 3 is 2.50 bits per heavy atom. The number of ether oxygens (including phenoxy) is 1. The van der Waals surface area contributed by atoms with Crippen LogP contribution in [0, 0.1) is 11.3 Å². The second-order valence-corrected chi connectivity index (χ2v) is 6.91. The zero-order chi connectivity index (χ0) is 19.3. The van der Waals surface area contributed by atoms with E-state index >= 15 is 0 Å². The second kappa shape index (κ2) is 8.88. The van der Waals surface area contributed by atoms with Crippen molar-refractivity contribution in [3.8, 4) is 17.6 Å². The highest BCUT2D eigenvalue weighted by Gasteiger charge is 2.16. The minimum absolute atomic E-state index is 0.0736. The molecular formula is C19H16Br2N2O3. The predicted octanol–water partition coefficient (Wildman–Crippen LogP) is 5.03. The van der Waals surface area contributed by atoms with Crippen LogP contribution in [0.5, 0.6) is 11.5 Å². The van der Waals surface area contributed by atoms with Crippen LogP contribution in [0.4, 0.5) is 5.69 Å². The van der Waals surface area contributed by atoms with Gasteiger partial charge in [-0.2, -0.15) is 5.26 Å². The first-order valence-corrected chi connectivity index (χ1v) is 9.26. The maximum Gasteiger partial charge on any atom is 0.266 e. The van der Waals surface area contributed by atoms with Crippen LogP contribution >= 0.6 is 31.9 Å². The molecule has 2 aromatic carbocycles. The van der Waals surface area contributed by atoms with Crippen LogP contribution in [0.15, 0.2) is 44.9 Å². The van der Waals surface area contributed by atoms with E-state index in [9.17, 15) is 15.2 Å². The molecule has 0 fully saturated rings. The topological polar surface area (TPSA) is 82.4 Å². The molecular weight excluding hydrogens is 464 g/mol. The molecule has 0 aliphatic carbocycles. The van der Waals surface area contributed by atoms with Crippen molar-refractivity contribution in [1.29, 1.82) is 5.26 Å². The molecule has 0 heterocycles. The van der Waals surface area contributed by atoms with Gasteiger partial charge in [0.2, 0.25) is 0 Å². The summed E-state index contributed by atoms with van der Waals surface area (Å²) in [5.74, 6) is -0.374. The quantitative estimate of drug-likeness (QED) is 0.465. The van der Waals surface area contributed by atoms with Crippen molar-refractivity contribution in [3.05, 3.63) is 56.0 Å². The molecule has 0 bridgehead atoms. The van der Waals surface area contributed by atoms with E-state index in [2.05, 4.69) is 37.2 Å². The van der Waals surface area contributed by atoms with Gasteiger partial charge in [-0.15, -0.1) is 0 Å². The number of benzene rings is 2. The zero-order valence-corrected chi connectivity index (χ0v) is 17.3. The van der Waals surface area contributed by atoms with Crippen LogP contribution in [-0.2, 0) is 11.2 Å². The van der Waals surface area contributed by atoms with Crippen molar-refractivity contribution < 1.29 is 14.6 Å². The number of aromatic hydroxyl groups is 1. The van der Waals surface area contributed by atoms with Gasteiger partial charge in [0.25, 0.3) is 5.91 Å². The minimum Gasteiger partial charge on any atom is -0.503 e. The monoisotopic (exact) mass is 478 g/mol. The molecule has 5 nitrogen and oxygen atoms in total. The number of nitriles is 1. The van der Waals surface area contributed by atoms with Crippen LogP contribution in [0.3, 0.4) is 0 Å². The van der Waals surface area contributed by atoms with E-state index in [0.717, 1.165) is 12.0 Å². The van der Waals surface area contributed by atoms with Crippen LogP contribution < -0.4 is 10.1 Å². The van der Waals surface area contributed by atoms with E-state index in [-0.39, 0.29) is 17.1 Å². The van der Waals surface area contributed by atoms with Gasteiger partial charge in [0.1, 0.15) is 11.6 Å². The molecule has 0 unspecified atom stereocenters. The number of hydrogen-bond donors (Lipinski definition) is 2. The van der Waals surface area contributed by atoms with Crippen LogP contribution in [0.2, 0.25) is 0 Å². The summed E-state index contributed by atoms with van der Waals surface area (Å²) >= 11 is 6.58. The molecule has 2 N–H and O–H groups in total. The first-order valence-electron chi connectivity index (χ1n) is 7.68. The number of amides is 1. The second-order valence-electron chi connectivity index (χ2n) is 5.32. The summed E-state index contributed by atoms with van der Waals surface area (Å²) < 4.78 is 5.98. The number of aryl methyl sites for hydroxylation is 1. The molecule has 0 saturated heterocycles. The Labute approximate surface area is 168 Å². The average Bonchev–Trinajstić information content (AvgIpc) is 2.66. The number of nitrogens with one attached hydrogen (secondary N) is 1. The molecule has 2 rings (SSSR count). The summed E-state index contributed by atoms with van der Waals surface area (Å²) in [5, 5.41) is 22.0. The van der Waals surface area contributed by atoms with E-state index in [1.54, 1.807) is 12.1 Å². The van der Waals surface area contributed by atoms with Crippen molar-refractivity contribution in [2.45, 2.75) is 13.3 Å². The summed E-state index contributed by atoms with van der Waals surface area (Å²) in [5.41, 5.74) is 2.20. The van der Waals surface area contributed by atoms with Crippen molar-refractivity contribution in [3.63, 3.8) is 0 Å². The van der Waals surface area contributed by atoms with Gasteiger partial charge in [-0.25, -0.2) is 0 Å². The Morgan fingerprint density at radius 2 is 1.96 bits per heavy atom. The Hall–Kier alpha value is -2.30. The highest BCUT2D eigenvalue weighted by Crippen LogP contribution is 2.42. The van der Waals surface area contributed by atoms with Gasteiger partial charge in [0.05, 0.1) is 11.6 Å². The Bertz CT molecular complexity index is 900. The fourth-order valence-corrected chi connectivity index (χ4v) is 3.04. The summed E-state index contributed by atoms with van der Waals surface area (Å²) in [7, 11) is 1.42. The predicted molar refractivity (Wildman–Crippen MR) is 108 cm³/mol. The Morgan fingerprint density at radius 1 is 1.31 bits per heavy atom. The number of phenolic OH excluding ortho intramolecular Hbond substituents is 1. The van der Waals surface area contributed by atoms with Gasteiger partial charge >= 0.3 is 0 Å². The molecule has 0 spiro atoms. The molecule has 1 amide bonds. The van der Waals surface area contributed by atoms with Crippen LogP contribution in [0.25, 0.3) is 6.08 Å². The molecule has 0 aromatic heterocycles. The summed E-state index contributed by atoms with van der Waals surface area (Å²) in [6.07, 6.45) is 2.33. The molecule has 0 aliphatic rings. The molecule has 0 saturated carbocycles. The zero-order valence-electron chi connectivity index (χ0n) is 14.1. The molecule has 26 heavy (non-hydrogen) atoms. The van der Waals surface area contributed by atoms with E-state index in [0.29, 0.717) is 20.2 Å². The van der Waals surface area contributed by atoms with Crippen molar-refractivity contribution in [2.75, 3.05) is 12.4 Å². The maximum atomic E-state index is 12.4. The highest BCUT2D eigenvalue weighted by atomic mass is 79.9. The third kappa shape index (κ3) is 4.45. The standard InChI is InChI=1S/C19H16Br2N2O3/c1-3-11-4-6-14(7-5-11)23-19(25)13(10-22)8-12-9-15(26-2)18(24)17(21)16(12)20/h4-9,24H,3H2,1-2H3,(H,23,25)/b13-8+. The van der Waals surface area contributed by atoms with Crippen molar-refractivity contribution in [1.82, 2.24) is 0 Å². The smallest absolute Gasteiger partial charge is 0.266 e. The number of hydrogen-bond acceptors (Lipinski definition) is 4. The van der Waals surface area contributed by atoms with E-state index < -0.39 is 5.91 Å². The number of rotatable bonds is 5. The first-order chi connectivity index (χ1) is 12.4. The number of methoxy groups -OCH3 is 1. The van der Waals surface area contributed by atoms with Gasteiger partial charge in [0.15, 0.2) is 11.5 Å². The molecule has 0 aliphatic heterocycles. The lowest BCUT2D eigenvalue weighted by molar-refractivity contribution is -0.112. The number of halogens is 2. The Balaban J connectivity index is 2.33. The summed E-state index contributed by atoms with van der Waals surface area (Å²) in [6.45, 7) is 2.05. The van der Waals surface area contributed by atoms with Gasteiger partial charge in [-0.3, -0.25) is 4.79 Å². The first kappa shape index (κ1) is 20.0. The van der Waals surface area contributed by atoms with E-state index in [4.69, 9.17) is 4.74 Å². The lowest BCUT2D eigenvalue weighted by Crippen LogP contribution is -2.13. The molecule has 2 aromatic rings. The van der Waals surface area contributed by atoms with Gasteiger partial charge < -0.3 is 15.2 Å². The van der Waals surface area contributed by atoms with Gasteiger partial charge in [0, 0.05) is 10.2 Å². The molecule has 134 valence electrons. The van der Waals surface area contributed by atoms with E-state index in [1.165, 1.54) is 19.3 Å². The number of nitrogens with zero attached hydrogens (tertiary/aromatic N) is 1. The van der Waals surface area contributed by atoms with E-state index in [1.807, 2.05) is 25.1 Å². The number of carbonyl (C=O) groups excluding carboxylic acids is 1. The number of phenols is 1. The lowest BCUT2D eigenvalue weighted by Gasteiger charge is -2.10. The lowest BCUT2D eigenvalue weighted by atomic mass is 10.1. The number of carbonyl (C=O) groups is 1. The fraction of sp³-hybridized carbons (Fsp3) is 0.158. The normalized spacial score (nSPS) is 11.0. The third-order valence-electron chi connectivity index (χ3n) is 3.68. The Kier molecular flexibility index (Phi) is 6.83. The van der Waals surface area contributed by atoms with Crippen LogP contribution in [0.1, 0.15) is 18.1 Å². The minimum atomic E-state index is -0.521. The van der Waals surface area contributed by atoms with Crippen molar-refractivity contribution in [2.24, 2.45) is 0 Å². The largest absolute Gasteiger partial charge is 0.503 e. The average molecular weight is 480 g/mol. The highest BCUT2D eigenvalue weighted by molar-refractivity contribution is 9.13. The molecule has 7 heteroatoms. The summed E-state index contributed by atoms with van der Waals surface area (Å²) in [6, 6.07) is 10.9. The summed E-state index contributed by atoms with van der Waals surface area (Å²) in [4.78, 5) is 12.4. The van der Waals surface area contributed by atoms with Crippen LogP contribution in [-0.4, -0.2) is 18.1 Å². The number of anilines is 1. The molecule has 0 atom stereocenters. The SMILES string of the molecule is CCc1ccc(NC(=O)/C(C#N)=C/c2cc(OC)c(O)c(Br)c2Br)cc1.